The van der Waals surface area contributed by atoms with Crippen LogP contribution in [0.1, 0.15) is 25.5 Å². The largest absolute Gasteiger partial charge is 0.361 e. The number of anilines is 1. The lowest BCUT2D eigenvalue weighted by Crippen LogP contribution is -2.46. The van der Waals surface area contributed by atoms with E-state index in [2.05, 4.69) is 32.2 Å². The van der Waals surface area contributed by atoms with Crippen molar-refractivity contribution in [2.45, 2.75) is 26.7 Å². The highest BCUT2D eigenvalue weighted by Gasteiger charge is 2.31. The van der Waals surface area contributed by atoms with Gasteiger partial charge in [0.2, 0.25) is 5.95 Å². The topological polar surface area (TPSA) is 96.9 Å². The van der Waals surface area contributed by atoms with Gasteiger partial charge in [0.15, 0.2) is 5.82 Å². The van der Waals surface area contributed by atoms with Crippen LogP contribution < -0.4 is 10.6 Å². The van der Waals surface area contributed by atoms with E-state index < -0.39 is 0 Å². The first-order valence-electron chi connectivity index (χ1n) is 6.90. The number of nitrogens with zero attached hydrogens (tertiary/aromatic N) is 4. The number of aromatic amines is 1. The van der Waals surface area contributed by atoms with Crippen LogP contribution in [0.3, 0.4) is 0 Å². The Balaban J connectivity index is 1.82. The molecule has 3 heterocycles. The molecule has 20 heavy (non-hydrogen) atoms. The van der Waals surface area contributed by atoms with Crippen LogP contribution in [0, 0.1) is 12.3 Å². The number of nitrogens with two attached hydrogens (primary N) is 1. The molecule has 108 valence electrons. The Labute approximate surface area is 117 Å². The van der Waals surface area contributed by atoms with Crippen molar-refractivity contribution in [2.24, 2.45) is 11.1 Å². The highest BCUT2D eigenvalue weighted by Crippen LogP contribution is 2.30. The third kappa shape index (κ3) is 2.29. The van der Waals surface area contributed by atoms with Gasteiger partial charge in [-0.2, -0.15) is 4.98 Å². The first-order valence-corrected chi connectivity index (χ1v) is 6.90. The van der Waals surface area contributed by atoms with Crippen LogP contribution in [0.5, 0.6) is 0 Å². The van der Waals surface area contributed by atoms with E-state index in [1.165, 1.54) is 0 Å². The van der Waals surface area contributed by atoms with E-state index in [-0.39, 0.29) is 5.41 Å². The van der Waals surface area contributed by atoms with Crippen molar-refractivity contribution in [1.82, 2.24) is 20.3 Å². The summed E-state index contributed by atoms with van der Waals surface area (Å²) in [6.07, 6.45) is 3.92. The van der Waals surface area contributed by atoms with Gasteiger partial charge in [0.05, 0.1) is 11.8 Å². The van der Waals surface area contributed by atoms with Gasteiger partial charge in [-0.1, -0.05) is 12.1 Å². The molecule has 0 bridgehead atoms. The third-order valence-corrected chi connectivity index (χ3v) is 4.04. The van der Waals surface area contributed by atoms with E-state index in [4.69, 9.17) is 10.3 Å². The summed E-state index contributed by atoms with van der Waals surface area (Å²) < 4.78 is 5.06. The van der Waals surface area contributed by atoms with Gasteiger partial charge in [-0.05, 0) is 31.7 Å². The van der Waals surface area contributed by atoms with Crippen LogP contribution in [-0.2, 0) is 0 Å². The molecule has 0 spiro atoms. The maximum absolute atomic E-state index is 5.88. The standard InChI is InChI=1S/C13H20N6O/c1-9-10(6-15-20-9)11-16-12(18-17-11)19-5-3-4-13(2,7-14)8-19/h6H,3-5,7-8,14H2,1-2H3,(H,16,17,18). The summed E-state index contributed by atoms with van der Waals surface area (Å²) in [5, 5.41) is 11.0. The van der Waals surface area contributed by atoms with Gasteiger partial charge in [0, 0.05) is 13.1 Å². The first-order chi connectivity index (χ1) is 9.61. The summed E-state index contributed by atoms with van der Waals surface area (Å²) in [5.74, 6) is 2.15. The second-order valence-electron chi connectivity index (χ2n) is 5.82. The molecule has 3 rings (SSSR count). The Morgan fingerprint density at radius 2 is 2.40 bits per heavy atom. The molecule has 7 heteroatoms. The van der Waals surface area contributed by atoms with Crippen molar-refractivity contribution in [1.29, 1.82) is 0 Å². The predicted molar refractivity (Wildman–Crippen MR) is 75.2 cm³/mol. The minimum absolute atomic E-state index is 0.145. The quantitative estimate of drug-likeness (QED) is 0.878. The molecule has 0 aliphatic carbocycles. The molecule has 0 aromatic carbocycles. The van der Waals surface area contributed by atoms with Crippen LogP contribution in [0.4, 0.5) is 5.95 Å². The summed E-state index contributed by atoms with van der Waals surface area (Å²) in [7, 11) is 0. The minimum Gasteiger partial charge on any atom is -0.361 e. The lowest BCUT2D eigenvalue weighted by Gasteiger charge is -2.39. The van der Waals surface area contributed by atoms with Gasteiger partial charge < -0.3 is 15.2 Å². The van der Waals surface area contributed by atoms with Crippen molar-refractivity contribution >= 4 is 5.95 Å². The second-order valence-corrected chi connectivity index (χ2v) is 5.82. The zero-order valence-electron chi connectivity index (χ0n) is 11.9. The molecule has 2 aromatic rings. The summed E-state index contributed by atoms with van der Waals surface area (Å²) in [5.41, 5.74) is 6.88. The molecule has 2 aromatic heterocycles. The van der Waals surface area contributed by atoms with Gasteiger partial charge in [0.25, 0.3) is 0 Å². The molecule has 3 N–H and O–H groups in total. The molecule has 0 radical (unpaired) electrons. The second kappa shape index (κ2) is 4.90. The fourth-order valence-electron chi connectivity index (χ4n) is 2.69. The SMILES string of the molecule is Cc1oncc1-c1nc(N2CCCC(C)(CN)C2)n[nH]1. The lowest BCUT2D eigenvalue weighted by atomic mass is 9.82. The summed E-state index contributed by atoms with van der Waals surface area (Å²) in [6.45, 7) is 6.62. The number of aryl methyl sites for hydroxylation is 1. The predicted octanol–water partition coefficient (Wildman–Crippen LogP) is 1.33. The van der Waals surface area contributed by atoms with Gasteiger partial charge in [-0.25, -0.2) is 0 Å². The molecular weight excluding hydrogens is 256 g/mol. The van der Waals surface area contributed by atoms with E-state index in [1.54, 1.807) is 6.20 Å². The number of rotatable bonds is 3. The molecule has 1 saturated heterocycles. The Hall–Kier alpha value is -1.89. The maximum atomic E-state index is 5.88. The smallest absolute Gasteiger partial charge is 0.245 e. The summed E-state index contributed by atoms with van der Waals surface area (Å²) >= 11 is 0. The van der Waals surface area contributed by atoms with Gasteiger partial charge in [-0.15, -0.1) is 5.10 Å². The molecule has 1 atom stereocenters. The zero-order valence-corrected chi connectivity index (χ0v) is 11.9. The maximum Gasteiger partial charge on any atom is 0.245 e. The van der Waals surface area contributed by atoms with Crippen LogP contribution in [0.25, 0.3) is 11.4 Å². The zero-order chi connectivity index (χ0) is 14.2. The number of aromatic nitrogens is 4. The van der Waals surface area contributed by atoms with E-state index in [0.717, 1.165) is 43.2 Å². The number of H-pyrrole nitrogens is 1. The molecule has 1 unspecified atom stereocenters. The molecule has 1 aliphatic rings. The average Bonchev–Trinajstić information content (AvgIpc) is 3.07. The summed E-state index contributed by atoms with van der Waals surface area (Å²) in [6, 6.07) is 0. The third-order valence-electron chi connectivity index (χ3n) is 4.04. The van der Waals surface area contributed by atoms with Gasteiger partial charge >= 0.3 is 0 Å². The Kier molecular flexibility index (Phi) is 3.21. The highest BCUT2D eigenvalue weighted by molar-refractivity contribution is 5.57. The first kappa shape index (κ1) is 13.1. The molecule has 7 nitrogen and oxygen atoms in total. The molecule has 0 amide bonds. The summed E-state index contributed by atoms with van der Waals surface area (Å²) in [4.78, 5) is 6.75. The van der Waals surface area contributed by atoms with Crippen LogP contribution >= 0.6 is 0 Å². The normalized spacial score (nSPS) is 23.2. The van der Waals surface area contributed by atoms with Crippen LogP contribution in [0.2, 0.25) is 0 Å². The highest BCUT2D eigenvalue weighted by atomic mass is 16.5. The van der Waals surface area contributed by atoms with Crippen molar-refractivity contribution in [3.8, 4) is 11.4 Å². The van der Waals surface area contributed by atoms with Gasteiger partial charge in [-0.3, -0.25) is 5.10 Å². The van der Waals surface area contributed by atoms with E-state index in [9.17, 15) is 0 Å². The Bertz CT molecular complexity index is 591. The fourth-order valence-corrected chi connectivity index (χ4v) is 2.69. The number of nitrogens with one attached hydrogen (secondary N) is 1. The fraction of sp³-hybridized carbons (Fsp3) is 0.615. The molecule has 1 aliphatic heterocycles. The monoisotopic (exact) mass is 276 g/mol. The van der Waals surface area contributed by atoms with Crippen molar-refractivity contribution in [2.75, 3.05) is 24.5 Å². The number of piperidine rings is 1. The Morgan fingerprint density at radius 1 is 1.55 bits per heavy atom. The van der Waals surface area contributed by atoms with Crippen molar-refractivity contribution < 1.29 is 4.52 Å². The molecule has 1 fully saturated rings. The molecule has 0 saturated carbocycles. The minimum atomic E-state index is 0.145. The van der Waals surface area contributed by atoms with E-state index >= 15 is 0 Å². The van der Waals surface area contributed by atoms with E-state index in [1.807, 2.05) is 6.92 Å². The van der Waals surface area contributed by atoms with Crippen LogP contribution in [0.15, 0.2) is 10.7 Å². The average molecular weight is 276 g/mol. The van der Waals surface area contributed by atoms with Crippen LogP contribution in [-0.4, -0.2) is 40.0 Å². The van der Waals surface area contributed by atoms with Crippen molar-refractivity contribution in [3.05, 3.63) is 12.0 Å². The molecular formula is C13H20N6O. The number of hydrogen-bond donors (Lipinski definition) is 2. The number of hydrogen-bond acceptors (Lipinski definition) is 6. The van der Waals surface area contributed by atoms with Gasteiger partial charge in [0.1, 0.15) is 5.76 Å². The Morgan fingerprint density at radius 3 is 3.10 bits per heavy atom. The van der Waals surface area contributed by atoms with E-state index in [0.29, 0.717) is 12.4 Å². The lowest BCUT2D eigenvalue weighted by molar-refractivity contribution is 0.270. The van der Waals surface area contributed by atoms with Crippen molar-refractivity contribution in [3.63, 3.8) is 0 Å².